The molecule has 1 aliphatic heterocycles. The fourth-order valence-electron chi connectivity index (χ4n) is 2.07. The van der Waals surface area contributed by atoms with Gasteiger partial charge in [0, 0.05) is 19.2 Å². The Kier molecular flexibility index (Phi) is 3.74. The van der Waals surface area contributed by atoms with Gasteiger partial charge in [0.1, 0.15) is 5.75 Å². The van der Waals surface area contributed by atoms with E-state index in [2.05, 4.69) is 16.0 Å². The number of hydrogen-bond acceptors (Lipinski definition) is 4. The molecule has 3 rings (SSSR count). The maximum Gasteiger partial charge on any atom is 0.186 e. The zero-order valence-corrected chi connectivity index (χ0v) is 11.3. The topological polar surface area (TPSA) is 25.4 Å². The summed E-state index contributed by atoms with van der Waals surface area (Å²) in [5.74, 6) is 0.880. The van der Waals surface area contributed by atoms with Gasteiger partial charge >= 0.3 is 0 Å². The molecule has 5 heteroatoms. The van der Waals surface area contributed by atoms with Gasteiger partial charge in [0.15, 0.2) is 5.13 Å². The molecule has 0 radical (unpaired) electrons. The third-order valence-corrected chi connectivity index (χ3v) is 4.06. The summed E-state index contributed by atoms with van der Waals surface area (Å²) in [6.45, 7) is 2.30. The molecule has 0 spiro atoms. The van der Waals surface area contributed by atoms with Gasteiger partial charge in [0.25, 0.3) is 0 Å². The molecule has 1 saturated heterocycles. The van der Waals surface area contributed by atoms with Gasteiger partial charge in [-0.05, 0) is 25.0 Å². The molecular formula is C12H15ClN2OS. The summed E-state index contributed by atoms with van der Waals surface area (Å²) in [7, 11) is 1.69. The number of ether oxygens (including phenoxy) is 1. The van der Waals surface area contributed by atoms with E-state index in [-0.39, 0.29) is 12.4 Å². The maximum absolute atomic E-state index is 5.21. The van der Waals surface area contributed by atoms with Gasteiger partial charge < -0.3 is 9.64 Å². The van der Waals surface area contributed by atoms with E-state index in [0.29, 0.717) is 0 Å². The van der Waals surface area contributed by atoms with Crippen LogP contribution in [0, 0.1) is 0 Å². The van der Waals surface area contributed by atoms with Crippen molar-refractivity contribution >= 4 is 39.1 Å². The van der Waals surface area contributed by atoms with Crippen molar-refractivity contribution in [1.82, 2.24) is 4.98 Å². The van der Waals surface area contributed by atoms with Gasteiger partial charge in [0.2, 0.25) is 0 Å². The van der Waals surface area contributed by atoms with Crippen LogP contribution in [0.15, 0.2) is 18.2 Å². The summed E-state index contributed by atoms with van der Waals surface area (Å²) in [4.78, 5) is 7.04. The molecule has 17 heavy (non-hydrogen) atoms. The summed E-state index contributed by atoms with van der Waals surface area (Å²) in [5.41, 5.74) is 1.05. The van der Waals surface area contributed by atoms with E-state index in [4.69, 9.17) is 4.74 Å². The standard InChI is InChI=1S/C12H14N2OS.ClH/c1-15-9-4-5-11-10(8-9)13-12(16-11)14-6-2-3-7-14;/h4-5,8H,2-3,6-7H2,1H3;1H. The van der Waals surface area contributed by atoms with Gasteiger partial charge in [-0.1, -0.05) is 11.3 Å². The number of benzene rings is 1. The first-order chi connectivity index (χ1) is 7.86. The van der Waals surface area contributed by atoms with Crippen molar-refractivity contribution in [3.8, 4) is 5.75 Å². The van der Waals surface area contributed by atoms with Crippen LogP contribution in [0.4, 0.5) is 5.13 Å². The third kappa shape index (κ3) is 2.33. The zero-order chi connectivity index (χ0) is 11.0. The Bertz CT molecular complexity index is 508. The van der Waals surface area contributed by atoms with E-state index in [1.165, 1.54) is 17.5 Å². The van der Waals surface area contributed by atoms with Gasteiger partial charge in [-0.3, -0.25) is 0 Å². The average Bonchev–Trinajstić information content (AvgIpc) is 2.96. The average molecular weight is 271 g/mol. The van der Waals surface area contributed by atoms with E-state index in [1.807, 2.05) is 12.1 Å². The summed E-state index contributed by atoms with van der Waals surface area (Å²) >= 11 is 1.77. The third-order valence-electron chi connectivity index (χ3n) is 2.96. The van der Waals surface area contributed by atoms with Gasteiger partial charge in [-0.2, -0.15) is 0 Å². The van der Waals surface area contributed by atoms with Crippen LogP contribution in [0.3, 0.4) is 0 Å². The van der Waals surface area contributed by atoms with Crippen molar-refractivity contribution in [1.29, 1.82) is 0 Å². The second-order valence-corrected chi connectivity index (χ2v) is 5.03. The summed E-state index contributed by atoms with van der Waals surface area (Å²) < 4.78 is 6.45. The van der Waals surface area contributed by atoms with E-state index in [1.54, 1.807) is 18.4 Å². The molecule has 92 valence electrons. The predicted molar refractivity (Wildman–Crippen MR) is 74.9 cm³/mol. The number of nitrogens with zero attached hydrogens (tertiary/aromatic N) is 2. The molecule has 2 heterocycles. The molecule has 1 aromatic carbocycles. The van der Waals surface area contributed by atoms with Crippen molar-refractivity contribution in [3.05, 3.63) is 18.2 Å². The van der Waals surface area contributed by atoms with Crippen molar-refractivity contribution in [3.63, 3.8) is 0 Å². The Morgan fingerprint density at radius 2 is 2.06 bits per heavy atom. The van der Waals surface area contributed by atoms with Crippen LogP contribution in [0.1, 0.15) is 12.8 Å². The first kappa shape index (κ1) is 12.5. The number of fused-ring (bicyclic) bond motifs is 1. The lowest BCUT2D eigenvalue weighted by Gasteiger charge is -2.11. The lowest BCUT2D eigenvalue weighted by atomic mass is 10.3. The fraction of sp³-hybridized carbons (Fsp3) is 0.417. The van der Waals surface area contributed by atoms with E-state index in [9.17, 15) is 0 Å². The maximum atomic E-state index is 5.21. The summed E-state index contributed by atoms with van der Waals surface area (Å²) in [6.07, 6.45) is 2.58. The van der Waals surface area contributed by atoms with Crippen molar-refractivity contribution in [2.45, 2.75) is 12.8 Å². The summed E-state index contributed by atoms with van der Waals surface area (Å²) in [6, 6.07) is 6.09. The molecule has 0 bridgehead atoms. The minimum Gasteiger partial charge on any atom is -0.497 e. The summed E-state index contributed by atoms with van der Waals surface area (Å²) in [5, 5.41) is 1.15. The fourth-order valence-corrected chi connectivity index (χ4v) is 3.06. The Morgan fingerprint density at radius 3 is 2.76 bits per heavy atom. The quantitative estimate of drug-likeness (QED) is 0.837. The first-order valence-electron chi connectivity index (χ1n) is 5.56. The molecule has 3 nitrogen and oxygen atoms in total. The van der Waals surface area contributed by atoms with Crippen LogP contribution >= 0.6 is 23.7 Å². The van der Waals surface area contributed by atoms with Crippen LogP contribution < -0.4 is 9.64 Å². The smallest absolute Gasteiger partial charge is 0.186 e. The molecule has 1 fully saturated rings. The molecule has 0 aliphatic carbocycles. The van der Waals surface area contributed by atoms with Crippen molar-refractivity contribution in [2.75, 3.05) is 25.1 Å². The predicted octanol–water partition coefficient (Wildman–Crippen LogP) is 3.33. The number of rotatable bonds is 2. The molecule has 1 aliphatic rings. The van der Waals surface area contributed by atoms with Crippen molar-refractivity contribution in [2.24, 2.45) is 0 Å². The zero-order valence-electron chi connectivity index (χ0n) is 9.68. The van der Waals surface area contributed by atoms with E-state index >= 15 is 0 Å². The first-order valence-corrected chi connectivity index (χ1v) is 6.38. The Balaban J connectivity index is 0.00000108. The highest BCUT2D eigenvalue weighted by Crippen LogP contribution is 2.32. The number of anilines is 1. The number of hydrogen-bond donors (Lipinski definition) is 0. The molecular weight excluding hydrogens is 256 g/mol. The molecule has 0 N–H and O–H groups in total. The monoisotopic (exact) mass is 270 g/mol. The van der Waals surface area contributed by atoms with E-state index in [0.717, 1.165) is 29.5 Å². The molecule has 0 amide bonds. The number of aromatic nitrogens is 1. The van der Waals surface area contributed by atoms with Gasteiger partial charge in [0.05, 0.1) is 17.3 Å². The second kappa shape index (κ2) is 5.10. The SMILES string of the molecule is COc1ccc2sc(N3CCCC3)nc2c1.Cl. The largest absolute Gasteiger partial charge is 0.497 e. The minimum atomic E-state index is 0. The minimum absolute atomic E-state index is 0. The Morgan fingerprint density at radius 1 is 1.29 bits per heavy atom. The van der Waals surface area contributed by atoms with Crippen LogP contribution in [-0.2, 0) is 0 Å². The Hall–Kier alpha value is -1.00. The lowest BCUT2D eigenvalue weighted by Crippen LogP contribution is -2.16. The van der Waals surface area contributed by atoms with Crippen LogP contribution in [-0.4, -0.2) is 25.2 Å². The van der Waals surface area contributed by atoms with Gasteiger partial charge in [-0.15, -0.1) is 12.4 Å². The second-order valence-electron chi connectivity index (χ2n) is 4.02. The van der Waals surface area contributed by atoms with Crippen LogP contribution in [0.5, 0.6) is 5.75 Å². The number of methoxy groups -OCH3 is 1. The Labute approximate surface area is 111 Å². The van der Waals surface area contributed by atoms with Gasteiger partial charge in [-0.25, -0.2) is 4.98 Å². The van der Waals surface area contributed by atoms with E-state index < -0.39 is 0 Å². The lowest BCUT2D eigenvalue weighted by molar-refractivity contribution is 0.415. The molecule has 1 aromatic heterocycles. The molecule has 0 saturated carbocycles. The molecule has 2 aromatic rings. The van der Waals surface area contributed by atoms with Crippen LogP contribution in [0.2, 0.25) is 0 Å². The highest BCUT2D eigenvalue weighted by atomic mass is 35.5. The molecule has 0 atom stereocenters. The highest BCUT2D eigenvalue weighted by molar-refractivity contribution is 7.22. The molecule has 0 unspecified atom stereocenters. The highest BCUT2D eigenvalue weighted by Gasteiger charge is 2.16. The number of thiazole rings is 1. The normalized spacial score (nSPS) is 15.0. The van der Waals surface area contributed by atoms with Crippen LogP contribution in [0.25, 0.3) is 10.2 Å². The number of halogens is 1. The van der Waals surface area contributed by atoms with Crippen molar-refractivity contribution < 1.29 is 4.74 Å².